The number of rotatable bonds is 4. The zero-order valence-corrected chi connectivity index (χ0v) is 11.3. The lowest BCUT2D eigenvalue weighted by atomic mass is 10.1. The molecule has 0 aliphatic heterocycles. The molecular formula is C16H17FN2O. The second-order valence-corrected chi connectivity index (χ2v) is 4.73. The fraction of sp³-hybridized carbons (Fsp3) is 0.188. The quantitative estimate of drug-likeness (QED) is 0.841. The van der Waals surface area contributed by atoms with Gasteiger partial charge in [-0.2, -0.15) is 0 Å². The second kappa shape index (κ2) is 6.19. The number of hydrogen-bond acceptors (Lipinski definition) is 2. The molecule has 3 N–H and O–H groups in total. The molecule has 1 atom stereocenters. The average Bonchev–Trinajstić information content (AvgIpc) is 2.41. The smallest absolute Gasteiger partial charge is 0.224 e. The maximum absolute atomic E-state index is 13.6. The molecule has 4 heteroatoms. The van der Waals surface area contributed by atoms with Crippen LogP contribution in [-0.4, -0.2) is 5.91 Å². The van der Waals surface area contributed by atoms with E-state index < -0.39 is 0 Å². The summed E-state index contributed by atoms with van der Waals surface area (Å²) in [6.45, 7) is 1.76. The van der Waals surface area contributed by atoms with Crippen molar-refractivity contribution < 1.29 is 9.18 Å². The number of nitrogens with two attached hydrogens (primary N) is 1. The summed E-state index contributed by atoms with van der Waals surface area (Å²) in [5, 5.41) is 2.79. The Balaban J connectivity index is 1.98. The van der Waals surface area contributed by atoms with Crippen molar-refractivity contribution in [2.24, 2.45) is 0 Å². The van der Waals surface area contributed by atoms with Crippen molar-refractivity contribution >= 4 is 11.6 Å². The highest BCUT2D eigenvalue weighted by molar-refractivity contribution is 5.79. The Morgan fingerprint density at radius 2 is 1.85 bits per heavy atom. The van der Waals surface area contributed by atoms with Gasteiger partial charge >= 0.3 is 0 Å². The third-order valence-corrected chi connectivity index (χ3v) is 3.09. The summed E-state index contributed by atoms with van der Waals surface area (Å²) in [5.41, 5.74) is 7.61. The van der Waals surface area contributed by atoms with Gasteiger partial charge in [0.2, 0.25) is 5.91 Å². The number of hydrogen-bond donors (Lipinski definition) is 2. The first-order valence-electron chi connectivity index (χ1n) is 6.44. The van der Waals surface area contributed by atoms with Gasteiger partial charge < -0.3 is 11.1 Å². The van der Waals surface area contributed by atoms with Crippen LogP contribution in [0.15, 0.2) is 48.5 Å². The zero-order valence-electron chi connectivity index (χ0n) is 11.3. The van der Waals surface area contributed by atoms with E-state index in [0.717, 1.165) is 5.56 Å². The van der Waals surface area contributed by atoms with Crippen LogP contribution in [0.3, 0.4) is 0 Å². The number of nitrogen functional groups attached to an aromatic ring is 1. The maximum Gasteiger partial charge on any atom is 0.224 e. The van der Waals surface area contributed by atoms with Gasteiger partial charge in [0.25, 0.3) is 0 Å². The Morgan fingerprint density at radius 1 is 1.20 bits per heavy atom. The normalized spacial score (nSPS) is 11.9. The van der Waals surface area contributed by atoms with Crippen LogP contribution in [0.2, 0.25) is 0 Å². The topological polar surface area (TPSA) is 55.1 Å². The SMILES string of the molecule is C[C@@H](NC(=O)Cc1ccc(N)cc1)c1ccccc1F. The summed E-state index contributed by atoms with van der Waals surface area (Å²) in [6.07, 6.45) is 0.249. The van der Waals surface area contributed by atoms with Crippen molar-refractivity contribution in [1.82, 2.24) is 5.32 Å². The van der Waals surface area contributed by atoms with E-state index in [9.17, 15) is 9.18 Å². The van der Waals surface area contributed by atoms with Crippen molar-refractivity contribution in [3.05, 3.63) is 65.5 Å². The summed E-state index contributed by atoms with van der Waals surface area (Å²) >= 11 is 0. The molecule has 2 rings (SSSR count). The van der Waals surface area contributed by atoms with E-state index in [1.807, 2.05) is 12.1 Å². The summed E-state index contributed by atoms with van der Waals surface area (Å²) in [7, 11) is 0. The molecule has 0 unspecified atom stereocenters. The van der Waals surface area contributed by atoms with E-state index in [0.29, 0.717) is 11.3 Å². The van der Waals surface area contributed by atoms with Gasteiger partial charge in [-0.25, -0.2) is 4.39 Å². The van der Waals surface area contributed by atoms with Gasteiger partial charge in [0.1, 0.15) is 5.82 Å². The van der Waals surface area contributed by atoms with Gasteiger partial charge in [-0.15, -0.1) is 0 Å². The molecule has 3 nitrogen and oxygen atoms in total. The third-order valence-electron chi connectivity index (χ3n) is 3.09. The molecule has 0 heterocycles. The summed E-state index contributed by atoms with van der Waals surface area (Å²) < 4.78 is 13.6. The van der Waals surface area contributed by atoms with Crippen LogP contribution >= 0.6 is 0 Å². The highest BCUT2D eigenvalue weighted by Crippen LogP contribution is 2.16. The molecule has 0 aliphatic carbocycles. The molecule has 0 radical (unpaired) electrons. The molecule has 2 aromatic carbocycles. The van der Waals surface area contributed by atoms with Gasteiger partial charge in [0.15, 0.2) is 0 Å². The lowest BCUT2D eigenvalue weighted by molar-refractivity contribution is -0.121. The van der Waals surface area contributed by atoms with Crippen LogP contribution in [0.25, 0.3) is 0 Å². The molecule has 0 fully saturated rings. The van der Waals surface area contributed by atoms with Crippen LogP contribution in [0, 0.1) is 5.82 Å². The first-order valence-corrected chi connectivity index (χ1v) is 6.44. The van der Waals surface area contributed by atoms with E-state index >= 15 is 0 Å². The molecule has 0 aromatic heterocycles. The summed E-state index contributed by atoms with van der Waals surface area (Å²) in [6, 6.07) is 13.2. The summed E-state index contributed by atoms with van der Waals surface area (Å²) in [4.78, 5) is 11.9. The van der Waals surface area contributed by atoms with Gasteiger partial charge in [-0.1, -0.05) is 30.3 Å². The molecular weight excluding hydrogens is 255 g/mol. The van der Waals surface area contributed by atoms with Crippen LogP contribution in [0.4, 0.5) is 10.1 Å². The first kappa shape index (κ1) is 14.1. The molecule has 0 aliphatic rings. The number of carbonyl (C=O) groups is 1. The van der Waals surface area contributed by atoms with Gasteiger partial charge in [-0.05, 0) is 30.7 Å². The van der Waals surface area contributed by atoms with Crippen molar-refractivity contribution in [3.8, 4) is 0 Å². The van der Waals surface area contributed by atoms with E-state index in [2.05, 4.69) is 5.32 Å². The molecule has 0 saturated carbocycles. The maximum atomic E-state index is 13.6. The van der Waals surface area contributed by atoms with Gasteiger partial charge in [0.05, 0.1) is 12.5 Å². The Morgan fingerprint density at radius 3 is 2.50 bits per heavy atom. The minimum Gasteiger partial charge on any atom is -0.399 e. The molecule has 1 amide bonds. The number of halogens is 1. The zero-order chi connectivity index (χ0) is 14.5. The van der Waals surface area contributed by atoms with E-state index in [1.165, 1.54) is 6.07 Å². The predicted octanol–water partition coefficient (Wildman–Crippen LogP) is 2.83. The minimum atomic E-state index is -0.363. The number of amides is 1. The Kier molecular flexibility index (Phi) is 4.35. The highest BCUT2D eigenvalue weighted by Gasteiger charge is 2.13. The minimum absolute atomic E-state index is 0.148. The highest BCUT2D eigenvalue weighted by atomic mass is 19.1. The lowest BCUT2D eigenvalue weighted by Gasteiger charge is -2.15. The van der Waals surface area contributed by atoms with Crippen molar-refractivity contribution in [2.45, 2.75) is 19.4 Å². The van der Waals surface area contributed by atoms with Crippen LogP contribution in [-0.2, 0) is 11.2 Å². The number of benzene rings is 2. The van der Waals surface area contributed by atoms with E-state index in [-0.39, 0.29) is 24.2 Å². The van der Waals surface area contributed by atoms with Crippen molar-refractivity contribution in [2.75, 3.05) is 5.73 Å². The van der Waals surface area contributed by atoms with Crippen LogP contribution in [0.1, 0.15) is 24.1 Å². The molecule has 0 bridgehead atoms. The molecule has 2 aromatic rings. The number of carbonyl (C=O) groups excluding carboxylic acids is 1. The third kappa shape index (κ3) is 3.57. The number of nitrogens with one attached hydrogen (secondary N) is 1. The van der Waals surface area contributed by atoms with Crippen LogP contribution in [0.5, 0.6) is 0 Å². The fourth-order valence-corrected chi connectivity index (χ4v) is 2.02. The van der Waals surface area contributed by atoms with Crippen molar-refractivity contribution in [1.29, 1.82) is 0 Å². The van der Waals surface area contributed by atoms with E-state index in [4.69, 9.17) is 5.73 Å². The molecule has 0 spiro atoms. The standard InChI is InChI=1S/C16H17FN2O/c1-11(14-4-2-3-5-15(14)17)19-16(20)10-12-6-8-13(18)9-7-12/h2-9,11H,10,18H2,1H3,(H,19,20)/t11-/m1/s1. The largest absolute Gasteiger partial charge is 0.399 e. The predicted molar refractivity (Wildman–Crippen MR) is 77.5 cm³/mol. The summed E-state index contributed by atoms with van der Waals surface area (Å²) in [5.74, 6) is -0.460. The monoisotopic (exact) mass is 272 g/mol. The van der Waals surface area contributed by atoms with Crippen molar-refractivity contribution in [3.63, 3.8) is 0 Å². The second-order valence-electron chi connectivity index (χ2n) is 4.73. The average molecular weight is 272 g/mol. The Bertz CT molecular complexity index is 596. The van der Waals surface area contributed by atoms with Gasteiger partial charge in [-0.3, -0.25) is 4.79 Å². The lowest BCUT2D eigenvalue weighted by Crippen LogP contribution is -2.28. The molecule has 0 saturated heterocycles. The molecule has 20 heavy (non-hydrogen) atoms. The van der Waals surface area contributed by atoms with E-state index in [1.54, 1.807) is 37.3 Å². The molecule has 104 valence electrons. The first-order chi connectivity index (χ1) is 9.56. The Hall–Kier alpha value is -2.36. The van der Waals surface area contributed by atoms with Gasteiger partial charge in [0, 0.05) is 11.3 Å². The fourth-order valence-electron chi connectivity index (χ4n) is 2.02. The number of anilines is 1. The Labute approximate surface area is 117 Å². The van der Waals surface area contributed by atoms with Crippen LogP contribution < -0.4 is 11.1 Å².